The maximum absolute atomic E-state index is 16.4. The highest BCUT2D eigenvalue weighted by atomic mass is 19.1. The number of rotatable bonds is 10. The fraction of sp³-hybridized carbons (Fsp3) is 0.465. The highest BCUT2D eigenvalue weighted by Gasteiger charge is 2.31. The molecule has 0 aliphatic carbocycles. The highest BCUT2D eigenvalue weighted by molar-refractivity contribution is 5.74. The van der Waals surface area contributed by atoms with Crippen molar-refractivity contribution in [3.8, 4) is 16.9 Å². The second kappa shape index (κ2) is 16.9. The molecular formula is C43H55FN2O7. The largest absolute Gasteiger partial charge is 0.489 e. The van der Waals surface area contributed by atoms with Crippen LogP contribution >= 0.6 is 0 Å². The van der Waals surface area contributed by atoms with Crippen molar-refractivity contribution >= 4 is 24.2 Å². The summed E-state index contributed by atoms with van der Waals surface area (Å²) in [5, 5.41) is 2.74. The van der Waals surface area contributed by atoms with Crippen molar-refractivity contribution in [1.82, 2.24) is 10.2 Å². The number of benzene rings is 3. The van der Waals surface area contributed by atoms with Crippen LogP contribution in [-0.2, 0) is 32.0 Å². The lowest BCUT2D eigenvalue weighted by Gasteiger charge is -2.27. The van der Waals surface area contributed by atoms with Crippen LogP contribution in [0, 0.1) is 5.82 Å². The standard InChI is InChI=1S/C43H55FN2O7/c1-28(45-39(48)52-42(5,6)7)34-17-13-18-35(38(34)44)32-24-29(20-21-33-16-14-22-46(33)40(49)53-43(8,9)10)23-30(25-32)27-50-36-19-12-11-15-31(36)26-37(47)51-41(2,3)4/h11-13,15,17-21,23-25,28,33H,14,16,22,26-27H2,1-10H3,(H,45,48)/t28-,33?/m1/s1. The quantitative estimate of drug-likeness (QED) is 0.164. The number of nitrogens with zero attached hydrogens (tertiary/aromatic N) is 1. The normalized spacial score (nSPS) is 15.6. The fourth-order valence-corrected chi connectivity index (χ4v) is 5.97. The van der Waals surface area contributed by atoms with Crippen molar-refractivity contribution in [2.45, 2.75) is 124 Å². The number of ether oxygens (including phenoxy) is 4. The minimum absolute atomic E-state index is 0.0462. The molecule has 3 aromatic rings. The van der Waals surface area contributed by atoms with Gasteiger partial charge in [-0.05, 0) is 123 Å². The van der Waals surface area contributed by atoms with E-state index in [1.54, 1.807) is 56.9 Å². The Hall–Kier alpha value is -4.86. The number of para-hydroxylation sites is 1. The van der Waals surface area contributed by atoms with Gasteiger partial charge >= 0.3 is 18.2 Å². The third-order valence-corrected chi connectivity index (χ3v) is 8.11. The van der Waals surface area contributed by atoms with E-state index in [0.29, 0.717) is 34.5 Å². The number of amides is 2. The summed E-state index contributed by atoms with van der Waals surface area (Å²) >= 11 is 0. The van der Waals surface area contributed by atoms with E-state index in [2.05, 4.69) is 5.32 Å². The van der Waals surface area contributed by atoms with Crippen LogP contribution in [0.1, 0.15) is 110 Å². The summed E-state index contributed by atoms with van der Waals surface area (Å²) in [6.07, 6.45) is 4.61. The Kier molecular flexibility index (Phi) is 13.0. The summed E-state index contributed by atoms with van der Waals surface area (Å²) < 4.78 is 39.2. The monoisotopic (exact) mass is 730 g/mol. The van der Waals surface area contributed by atoms with Gasteiger partial charge in [-0.1, -0.05) is 48.6 Å². The van der Waals surface area contributed by atoms with Crippen LogP contribution in [0.4, 0.5) is 14.0 Å². The van der Waals surface area contributed by atoms with Gasteiger partial charge in [-0.25, -0.2) is 14.0 Å². The van der Waals surface area contributed by atoms with Crippen molar-refractivity contribution < 1.29 is 37.7 Å². The van der Waals surface area contributed by atoms with Gasteiger partial charge in [0.05, 0.1) is 18.5 Å². The molecule has 1 N–H and O–H groups in total. The summed E-state index contributed by atoms with van der Waals surface area (Å²) in [4.78, 5) is 39.9. The number of nitrogens with one attached hydrogen (secondary N) is 1. The first kappa shape index (κ1) is 40.9. The van der Waals surface area contributed by atoms with Crippen LogP contribution in [0.25, 0.3) is 17.2 Å². The third kappa shape index (κ3) is 12.6. The molecule has 0 saturated carbocycles. The van der Waals surface area contributed by atoms with Crippen molar-refractivity contribution in [3.05, 3.63) is 94.8 Å². The van der Waals surface area contributed by atoms with E-state index in [0.717, 1.165) is 24.0 Å². The second-order valence-electron chi connectivity index (χ2n) is 16.4. The van der Waals surface area contributed by atoms with Crippen LogP contribution in [0.3, 0.4) is 0 Å². The summed E-state index contributed by atoms with van der Waals surface area (Å²) in [5.41, 5.74) is 1.56. The topological polar surface area (TPSA) is 103 Å². The van der Waals surface area contributed by atoms with Gasteiger partial charge < -0.3 is 29.2 Å². The molecule has 1 saturated heterocycles. The maximum atomic E-state index is 16.4. The zero-order chi connectivity index (χ0) is 39.1. The Labute approximate surface area is 313 Å². The van der Waals surface area contributed by atoms with Crippen LogP contribution in [0.5, 0.6) is 5.75 Å². The molecule has 1 heterocycles. The SMILES string of the molecule is C[C@@H](NC(=O)OC(C)(C)C)c1cccc(-c2cc(C=CC3CCCN3C(=O)OC(C)(C)C)cc(COc3ccccc3CC(=O)OC(C)(C)C)c2)c1F. The lowest BCUT2D eigenvalue weighted by molar-refractivity contribution is -0.153. The van der Waals surface area contributed by atoms with E-state index in [-0.39, 0.29) is 31.1 Å². The molecule has 1 unspecified atom stereocenters. The van der Waals surface area contributed by atoms with Crippen LogP contribution in [0.15, 0.2) is 66.7 Å². The zero-order valence-corrected chi connectivity index (χ0v) is 32.8. The molecular weight excluding hydrogens is 675 g/mol. The Morgan fingerprint density at radius 2 is 1.57 bits per heavy atom. The molecule has 10 heteroatoms. The highest BCUT2D eigenvalue weighted by Crippen LogP contribution is 2.32. The predicted octanol–water partition coefficient (Wildman–Crippen LogP) is 9.95. The summed E-state index contributed by atoms with van der Waals surface area (Å²) in [5.74, 6) is -0.297. The van der Waals surface area contributed by atoms with Crippen LogP contribution in [0.2, 0.25) is 0 Å². The van der Waals surface area contributed by atoms with E-state index in [9.17, 15) is 14.4 Å². The Balaban J connectivity index is 1.67. The summed E-state index contributed by atoms with van der Waals surface area (Å²) in [6, 6.07) is 17.3. The van der Waals surface area contributed by atoms with Gasteiger partial charge in [0, 0.05) is 23.2 Å². The molecule has 0 radical (unpaired) electrons. The predicted molar refractivity (Wildman–Crippen MR) is 205 cm³/mol. The molecule has 9 nitrogen and oxygen atoms in total. The smallest absolute Gasteiger partial charge is 0.410 e. The molecule has 2 amide bonds. The maximum Gasteiger partial charge on any atom is 0.410 e. The lowest BCUT2D eigenvalue weighted by atomic mass is 9.95. The molecule has 0 aromatic heterocycles. The third-order valence-electron chi connectivity index (χ3n) is 8.11. The van der Waals surface area contributed by atoms with Crippen molar-refractivity contribution in [2.24, 2.45) is 0 Å². The molecule has 1 fully saturated rings. The molecule has 1 aliphatic rings. The molecule has 0 spiro atoms. The number of hydrogen-bond acceptors (Lipinski definition) is 7. The number of esters is 1. The van der Waals surface area contributed by atoms with Gasteiger partial charge in [0.2, 0.25) is 0 Å². The number of likely N-dealkylation sites (tertiary alicyclic amines) is 1. The van der Waals surface area contributed by atoms with Gasteiger partial charge in [0.25, 0.3) is 0 Å². The number of carbonyl (C=O) groups is 3. The van der Waals surface area contributed by atoms with E-state index >= 15 is 4.39 Å². The zero-order valence-electron chi connectivity index (χ0n) is 32.8. The molecule has 4 rings (SSSR count). The van der Waals surface area contributed by atoms with E-state index in [1.807, 2.05) is 90.1 Å². The van der Waals surface area contributed by atoms with Crippen molar-refractivity contribution in [3.63, 3.8) is 0 Å². The van der Waals surface area contributed by atoms with Gasteiger partial charge in [-0.2, -0.15) is 0 Å². The van der Waals surface area contributed by atoms with E-state index < -0.39 is 34.8 Å². The molecule has 2 atom stereocenters. The van der Waals surface area contributed by atoms with E-state index in [4.69, 9.17) is 18.9 Å². The molecule has 53 heavy (non-hydrogen) atoms. The average Bonchev–Trinajstić information content (AvgIpc) is 3.50. The van der Waals surface area contributed by atoms with E-state index in [1.165, 1.54) is 0 Å². The van der Waals surface area contributed by atoms with Crippen LogP contribution < -0.4 is 10.1 Å². The number of carbonyl (C=O) groups excluding carboxylic acids is 3. The molecule has 1 aliphatic heterocycles. The Bertz CT molecular complexity index is 1800. The van der Waals surface area contributed by atoms with Gasteiger partial charge in [0.1, 0.15) is 35.0 Å². The molecule has 3 aromatic carbocycles. The van der Waals surface area contributed by atoms with Gasteiger partial charge in [-0.15, -0.1) is 0 Å². The van der Waals surface area contributed by atoms with Crippen LogP contribution in [-0.4, -0.2) is 52.4 Å². The minimum Gasteiger partial charge on any atom is -0.489 e. The summed E-state index contributed by atoms with van der Waals surface area (Å²) in [6.45, 7) is 18.7. The lowest BCUT2D eigenvalue weighted by Crippen LogP contribution is -2.39. The number of alkyl carbamates (subject to hydrolysis) is 1. The van der Waals surface area contributed by atoms with Crippen molar-refractivity contribution in [1.29, 1.82) is 0 Å². The Morgan fingerprint density at radius 1 is 0.887 bits per heavy atom. The van der Waals surface area contributed by atoms with Gasteiger partial charge in [0.15, 0.2) is 0 Å². The molecule has 286 valence electrons. The van der Waals surface area contributed by atoms with Crippen molar-refractivity contribution in [2.75, 3.05) is 6.54 Å². The average molecular weight is 731 g/mol. The first-order valence-corrected chi connectivity index (χ1v) is 18.2. The number of hydrogen-bond donors (Lipinski definition) is 1. The summed E-state index contributed by atoms with van der Waals surface area (Å²) in [7, 11) is 0. The first-order valence-electron chi connectivity index (χ1n) is 18.2. The Morgan fingerprint density at radius 3 is 2.25 bits per heavy atom. The first-order chi connectivity index (χ1) is 24.7. The minimum atomic E-state index is -0.699. The molecule has 0 bridgehead atoms. The second-order valence-corrected chi connectivity index (χ2v) is 16.4. The van der Waals surface area contributed by atoms with Gasteiger partial charge in [-0.3, -0.25) is 4.79 Å². The number of halogens is 1. The fourth-order valence-electron chi connectivity index (χ4n) is 5.97.